The van der Waals surface area contributed by atoms with Crippen molar-refractivity contribution in [2.45, 2.75) is 6.18 Å². The summed E-state index contributed by atoms with van der Waals surface area (Å²) in [5.41, 5.74) is 13.1. The second kappa shape index (κ2) is 9.55. The number of benzene rings is 3. The van der Waals surface area contributed by atoms with Crippen molar-refractivity contribution in [1.82, 2.24) is 10.2 Å². The van der Waals surface area contributed by atoms with Gasteiger partial charge in [0.2, 0.25) is 0 Å². The van der Waals surface area contributed by atoms with Gasteiger partial charge < -0.3 is 20.9 Å². The summed E-state index contributed by atoms with van der Waals surface area (Å²) in [6, 6.07) is 13.7. The first kappa shape index (κ1) is 23.9. The molecule has 1 aromatic heterocycles. The molecule has 4 aromatic rings. The standard InChI is InChI=1S/C24H22F3N5O3/c1-34-11-12-35-19-10-9-18(20-21(19)30-31-22(20)28)14-5-7-16(8-6-14)32(23(29)33)17-4-2-3-15(13-17)24(25,26)27/h2-10,13H,11-12H2,1H3,(H2,29,33)(H3,28,30,31). The monoisotopic (exact) mass is 485 g/mol. The highest BCUT2D eigenvalue weighted by Gasteiger charge is 2.31. The topological polar surface area (TPSA) is 119 Å². The van der Waals surface area contributed by atoms with Gasteiger partial charge in [-0.3, -0.25) is 10.00 Å². The molecule has 0 atom stereocenters. The van der Waals surface area contributed by atoms with Crippen molar-refractivity contribution in [2.75, 3.05) is 31.0 Å². The zero-order valence-electron chi connectivity index (χ0n) is 18.6. The molecule has 1 heterocycles. The number of anilines is 3. The van der Waals surface area contributed by atoms with E-state index in [0.29, 0.717) is 35.6 Å². The van der Waals surface area contributed by atoms with Crippen LogP contribution in [0.4, 0.5) is 35.2 Å². The van der Waals surface area contributed by atoms with Gasteiger partial charge in [0.05, 0.1) is 28.9 Å². The SMILES string of the molecule is COCCOc1ccc(-c2ccc(N(C(N)=O)c3cccc(C(F)(F)F)c3)cc2)c2c(N)n[nH]c12. The van der Waals surface area contributed by atoms with E-state index in [0.717, 1.165) is 28.2 Å². The number of nitrogen functional groups attached to an aromatic ring is 1. The van der Waals surface area contributed by atoms with E-state index in [-0.39, 0.29) is 11.5 Å². The molecule has 0 fully saturated rings. The number of carbonyl (C=O) groups excluding carboxylic acids is 1. The van der Waals surface area contributed by atoms with Crippen LogP contribution in [0.3, 0.4) is 0 Å². The summed E-state index contributed by atoms with van der Waals surface area (Å²) in [5.74, 6) is 0.838. The first-order valence-electron chi connectivity index (χ1n) is 10.5. The van der Waals surface area contributed by atoms with Gasteiger partial charge in [-0.2, -0.15) is 18.3 Å². The van der Waals surface area contributed by atoms with E-state index >= 15 is 0 Å². The Kier molecular flexibility index (Phi) is 6.52. The van der Waals surface area contributed by atoms with Gasteiger partial charge in [-0.15, -0.1) is 0 Å². The van der Waals surface area contributed by atoms with Crippen LogP contribution in [0.25, 0.3) is 22.0 Å². The van der Waals surface area contributed by atoms with Crippen LogP contribution in [0.2, 0.25) is 0 Å². The van der Waals surface area contributed by atoms with Crippen molar-refractivity contribution < 1.29 is 27.4 Å². The Hall–Kier alpha value is -4.25. The van der Waals surface area contributed by atoms with Crippen LogP contribution < -0.4 is 21.1 Å². The molecule has 4 rings (SSSR count). The third kappa shape index (κ3) is 4.85. The average Bonchev–Trinajstić information content (AvgIpc) is 3.21. The van der Waals surface area contributed by atoms with Crippen molar-refractivity contribution in [3.8, 4) is 16.9 Å². The summed E-state index contributed by atoms with van der Waals surface area (Å²) in [4.78, 5) is 13.2. The predicted octanol–water partition coefficient (Wildman–Crippen LogP) is 5.07. The van der Waals surface area contributed by atoms with E-state index in [1.54, 1.807) is 37.4 Å². The normalized spacial score (nSPS) is 11.5. The molecule has 0 aliphatic heterocycles. The quantitative estimate of drug-likeness (QED) is 0.316. The number of rotatable bonds is 7. The fourth-order valence-corrected chi connectivity index (χ4v) is 3.74. The van der Waals surface area contributed by atoms with Crippen LogP contribution in [0.1, 0.15) is 5.56 Å². The van der Waals surface area contributed by atoms with Gasteiger partial charge >= 0.3 is 12.2 Å². The molecule has 0 spiro atoms. The number of hydrogen-bond donors (Lipinski definition) is 3. The zero-order valence-corrected chi connectivity index (χ0v) is 18.6. The van der Waals surface area contributed by atoms with E-state index in [9.17, 15) is 18.0 Å². The van der Waals surface area contributed by atoms with E-state index in [2.05, 4.69) is 10.2 Å². The molecule has 0 unspecified atom stereocenters. The average molecular weight is 485 g/mol. The number of aromatic amines is 1. The van der Waals surface area contributed by atoms with Gasteiger partial charge in [-0.25, -0.2) is 4.79 Å². The molecule has 2 amide bonds. The molecule has 0 aliphatic rings. The van der Waals surface area contributed by atoms with Gasteiger partial charge in [0.1, 0.15) is 17.9 Å². The number of primary amides is 1. The maximum Gasteiger partial charge on any atom is 0.416 e. The summed E-state index contributed by atoms with van der Waals surface area (Å²) in [6.07, 6.45) is -4.56. The fourth-order valence-electron chi connectivity index (χ4n) is 3.74. The van der Waals surface area contributed by atoms with E-state index in [1.165, 1.54) is 12.1 Å². The largest absolute Gasteiger partial charge is 0.489 e. The first-order chi connectivity index (χ1) is 16.7. The summed E-state index contributed by atoms with van der Waals surface area (Å²) in [7, 11) is 1.58. The Labute approximate surface area is 198 Å². The number of fused-ring (bicyclic) bond motifs is 1. The number of urea groups is 1. The number of aromatic nitrogens is 2. The van der Waals surface area contributed by atoms with Crippen LogP contribution >= 0.6 is 0 Å². The van der Waals surface area contributed by atoms with Crippen molar-refractivity contribution in [3.05, 3.63) is 66.2 Å². The summed E-state index contributed by atoms with van der Waals surface area (Å²) < 4.78 is 50.2. The molecule has 8 nitrogen and oxygen atoms in total. The number of alkyl halides is 3. The fraction of sp³-hybridized carbons (Fsp3) is 0.167. The number of amides is 2. The molecule has 0 saturated carbocycles. The zero-order chi connectivity index (χ0) is 25.2. The lowest BCUT2D eigenvalue weighted by atomic mass is 10.0. The van der Waals surface area contributed by atoms with Gasteiger partial charge in [0.15, 0.2) is 5.82 Å². The van der Waals surface area contributed by atoms with Crippen LogP contribution in [0.5, 0.6) is 5.75 Å². The lowest BCUT2D eigenvalue weighted by molar-refractivity contribution is -0.137. The lowest BCUT2D eigenvalue weighted by Gasteiger charge is -2.22. The molecular formula is C24H22F3N5O3. The molecule has 0 radical (unpaired) electrons. The minimum atomic E-state index is -4.56. The second-order valence-corrected chi connectivity index (χ2v) is 7.58. The molecule has 0 saturated heterocycles. The first-order valence-corrected chi connectivity index (χ1v) is 10.5. The maximum atomic E-state index is 13.2. The second-order valence-electron chi connectivity index (χ2n) is 7.58. The Morgan fingerprint density at radius 1 is 1.06 bits per heavy atom. The smallest absolute Gasteiger partial charge is 0.416 e. The number of methoxy groups -OCH3 is 1. The maximum absolute atomic E-state index is 13.2. The summed E-state index contributed by atoms with van der Waals surface area (Å²) in [5, 5.41) is 7.61. The Balaban J connectivity index is 1.70. The number of carbonyl (C=O) groups is 1. The van der Waals surface area contributed by atoms with Crippen molar-refractivity contribution in [2.24, 2.45) is 5.73 Å². The summed E-state index contributed by atoms with van der Waals surface area (Å²) in [6.45, 7) is 0.758. The van der Waals surface area contributed by atoms with Gasteiger partial charge in [0, 0.05) is 7.11 Å². The Morgan fingerprint density at radius 3 is 2.46 bits per heavy atom. The number of halogens is 3. The highest BCUT2D eigenvalue weighted by Crippen LogP contribution is 2.38. The predicted molar refractivity (Wildman–Crippen MR) is 126 cm³/mol. The van der Waals surface area contributed by atoms with E-state index in [1.807, 2.05) is 6.07 Å². The third-order valence-electron chi connectivity index (χ3n) is 5.35. The van der Waals surface area contributed by atoms with Gasteiger partial charge in [0.25, 0.3) is 0 Å². The Bertz CT molecular complexity index is 1350. The minimum Gasteiger partial charge on any atom is -0.489 e. The molecule has 182 valence electrons. The number of nitrogens with one attached hydrogen (secondary N) is 1. The molecule has 0 bridgehead atoms. The minimum absolute atomic E-state index is 0.000829. The van der Waals surface area contributed by atoms with Crippen LogP contribution in [-0.4, -0.2) is 36.6 Å². The molecule has 3 aromatic carbocycles. The molecule has 5 N–H and O–H groups in total. The molecule has 35 heavy (non-hydrogen) atoms. The highest BCUT2D eigenvalue weighted by atomic mass is 19.4. The Morgan fingerprint density at radius 2 is 1.80 bits per heavy atom. The van der Waals surface area contributed by atoms with Crippen LogP contribution in [0, 0.1) is 0 Å². The van der Waals surface area contributed by atoms with Gasteiger partial charge in [-0.05, 0) is 53.6 Å². The van der Waals surface area contributed by atoms with Crippen LogP contribution in [0.15, 0.2) is 60.7 Å². The van der Waals surface area contributed by atoms with E-state index in [4.69, 9.17) is 20.9 Å². The molecular weight excluding hydrogens is 463 g/mol. The molecule has 0 aliphatic carbocycles. The van der Waals surface area contributed by atoms with Crippen molar-refractivity contribution in [1.29, 1.82) is 0 Å². The summed E-state index contributed by atoms with van der Waals surface area (Å²) >= 11 is 0. The number of H-pyrrole nitrogens is 1. The van der Waals surface area contributed by atoms with Crippen LogP contribution in [-0.2, 0) is 10.9 Å². The molecule has 11 heteroatoms. The number of ether oxygens (including phenoxy) is 2. The van der Waals surface area contributed by atoms with E-state index < -0.39 is 17.8 Å². The third-order valence-corrected chi connectivity index (χ3v) is 5.35. The number of nitrogens with two attached hydrogens (primary N) is 2. The number of nitrogens with zero attached hydrogens (tertiary/aromatic N) is 2. The lowest BCUT2D eigenvalue weighted by Crippen LogP contribution is -2.31. The van der Waals surface area contributed by atoms with Crippen molar-refractivity contribution in [3.63, 3.8) is 0 Å². The highest BCUT2D eigenvalue weighted by molar-refractivity contribution is 6.04. The van der Waals surface area contributed by atoms with Gasteiger partial charge in [-0.1, -0.05) is 18.2 Å². The number of hydrogen-bond acceptors (Lipinski definition) is 5. The van der Waals surface area contributed by atoms with Crippen molar-refractivity contribution >= 4 is 34.1 Å².